The van der Waals surface area contributed by atoms with E-state index in [1.807, 2.05) is 13.8 Å². The summed E-state index contributed by atoms with van der Waals surface area (Å²) in [5.74, 6) is -0.294. The molecular weight excluding hydrogens is 452 g/mol. The molecule has 2 aliphatic rings. The van der Waals surface area contributed by atoms with E-state index in [-0.39, 0.29) is 41.1 Å². The van der Waals surface area contributed by atoms with Gasteiger partial charge in [0.15, 0.2) is 0 Å². The molecule has 2 atom stereocenters. The number of nitrogens with one attached hydrogen (secondary N) is 1. The van der Waals surface area contributed by atoms with Gasteiger partial charge in [-0.3, -0.25) is 4.79 Å². The Kier molecular flexibility index (Phi) is 8.94. The number of benzene rings is 1. The number of likely N-dealkylation sites (N-methyl/N-ethyl adjacent to an activating group) is 1. The Bertz CT molecular complexity index is 880. The summed E-state index contributed by atoms with van der Waals surface area (Å²) in [7, 11) is -3.83. The number of carbonyl (C=O) groups is 1. The van der Waals surface area contributed by atoms with Gasteiger partial charge in [0.25, 0.3) is 5.91 Å². The highest BCUT2D eigenvalue weighted by Crippen LogP contribution is 2.28. The van der Waals surface area contributed by atoms with E-state index in [0.29, 0.717) is 12.1 Å². The van der Waals surface area contributed by atoms with Crippen molar-refractivity contribution >= 4 is 27.5 Å². The summed E-state index contributed by atoms with van der Waals surface area (Å²) in [4.78, 5) is 17.5. The SMILES string of the molecule is CCN1CCN(CCCNC(=O)c2ccc(Cl)c(S(=O)(=O)N3CC(C)OC(C)C3)c2)CC1. The first-order valence-corrected chi connectivity index (χ1v) is 13.2. The number of halogens is 1. The number of piperazine rings is 1. The van der Waals surface area contributed by atoms with E-state index in [4.69, 9.17) is 16.3 Å². The molecule has 2 unspecified atom stereocenters. The summed E-state index contributed by atoms with van der Waals surface area (Å²) in [5, 5.41) is 3.01. The molecule has 0 aliphatic carbocycles. The van der Waals surface area contributed by atoms with Crippen LogP contribution in [0.25, 0.3) is 0 Å². The van der Waals surface area contributed by atoms with E-state index in [0.717, 1.165) is 45.7 Å². The molecule has 2 aliphatic heterocycles. The lowest BCUT2D eigenvalue weighted by molar-refractivity contribution is -0.0440. The average molecular weight is 487 g/mol. The van der Waals surface area contributed by atoms with Crippen LogP contribution in [0.3, 0.4) is 0 Å². The molecule has 180 valence electrons. The third-order valence-corrected chi connectivity index (χ3v) is 8.36. The zero-order valence-electron chi connectivity index (χ0n) is 19.2. The fraction of sp³-hybridized carbons (Fsp3) is 0.682. The maximum atomic E-state index is 13.2. The van der Waals surface area contributed by atoms with Crippen molar-refractivity contribution in [1.29, 1.82) is 0 Å². The van der Waals surface area contributed by atoms with Crippen LogP contribution in [0.1, 0.15) is 37.6 Å². The number of nitrogens with zero attached hydrogens (tertiary/aromatic N) is 3. The lowest BCUT2D eigenvalue weighted by atomic mass is 10.2. The number of morpholine rings is 1. The highest BCUT2D eigenvalue weighted by Gasteiger charge is 2.33. The largest absolute Gasteiger partial charge is 0.373 e. The zero-order chi connectivity index (χ0) is 23.3. The van der Waals surface area contributed by atoms with Crippen LogP contribution in [-0.2, 0) is 14.8 Å². The van der Waals surface area contributed by atoms with E-state index < -0.39 is 10.0 Å². The highest BCUT2D eigenvalue weighted by atomic mass is 35.5. The van der Waals surface area contributed by atoms with E-state index in [1.54, 1.807) is 6.07 Å². The van der Waals surface area contributed by atoms with Crippen LogP contribution in [0.2, 0.25) is 5.02 Å². The molecule has 1 N–H and O–H groups in total. The molecule has 0 spiro atoms. The summed E-state index contributed by atoms with van der Waals surface area (Å²) in [5.41, 5.74) is 0.291. The minimum absolute atomic E-state index is 0.0399. The lowest BCUT2D eigenvalue weighted by Crippen LogP contribution is -2.48. The van der Waals surface area contributed by atoms with E-state index >= 15 is 0 Å². The van der Waals surface area contributed by atoms with Crippen LogP contribution >= 0.6 is 11.6 Å². The number of carbonyl (C=O) groups excluding carboxylic acids is 1. The standard InChI is InChI=1S/C22H35ClN4O4S/c1-4-25-10-12-26(13-11-25)9-5-8-24-22(28)19-6-7-20(23)21(14-19)32(29,30)27-15-17(2)31-18(3)16-27/h6-7,14,17-18H,4-5,8-13,15-16H2,1-3H3,(H,24,28). The molecular formula is C22H35ClN4O4S. The Balaban J connectivity index is 1.57. The zero-order valence-corrected chi connectivity index (χ0v) is 20.8. The first kappa shape index (κ1) is 25.4. The van der Waals surface area contributed by atoms with Crippen LogP contribution in [0.4, 0.5) is 0 Å². The molecule has 2 saturated heterocycles. The van der Waals surface area contributed by atoms with Gasteiger partial charge in [-0.25, -0.2) is 8.42 Å². The number of hydrogen-bond acceptors (Lipinski definition) is 6. The van der Waals surface area contributed by atoms with Crippen molar-refractivity contribution in [3.63, 3.8) is 0 Å². The monoisotopic (exact) mass is 486 g/mol. The van der Waals surface area contributed by atoms with Crippen LogP contribution in [0.5, 0.6) is 0 Å². The van der Waals surface area contributed by atoms with Crippen molar-refractivity contribution < 1.29 is 17.9 Å². The molecule has 0 radical (unpaired) electrons. The maximum absolute atomic E-state index is 13.2. The summed E-state index contributed by atoms with van der Waals surface area (Å²) in [6.07, 6.45) is 0.438. The predicted molar refractivity (Wildman–Crippen MR) is 126 cm³/mol. The smallest absolute Gasteiger partial charge is 0.251 e. The molecule has 2 heterocycles. The molecule has 0 bridgehead atoms. The van der Waals surface area contributed by atoms with Gasteiger partial charge in [-0.15, -0.1) is 0 Å². The third kappa shape index (κ3) is 6.42. The van der Waals surface area contributed by atoms with E-state index in [1.165, 1.54) is 16.4 Å². The van der Waals surface area contributed by atoms with Crippen molar-refractivity contribution in [2.24, 2.45) is 0 Å². The molecule has 1 aromatic carbocycles. The summed E-state index contributed by atoms with van der Waals surface area (Å²) >= 11 is 6.23. The molecule has 0 saturated carbocycles. The fourth-order valence-corrected chi connectivity index (χ4v) is 6.34. The van der Waals surface area contributed by atoms with Crippen molar-refractivity contribution in [2.45, 2.75) is 44.3 Å². The van der Waals surface area contributed by atoms with Gasteiger partial charge in [0.2, 0.25) is 10.0 Å². The van der Waals surface area contributed by atoms with Gasteiger partial charge in [-0.2, -0.15) is 4.31 Å². The normalized spacial score (nSPS) is 23.9. The Morgan fingerprint density at radius 2 is 1.75 bits per heavy atom. The van der Waals surface area contributed by atoms with Crippen LogP contribution in [-0.4, -0.2) is 99.5 Å². The highest BCUT2D eigenvalue weighted by molar-refractivity contribution is 7.89. The van der Waals surface area contributed by atoms with Gasteiger partial charge in [0.05, 0.1) is 17.2 Å². The quantitative estimate of drug-likeness (QED) is 0.565. The number of hydrogen-bond donors (Lipinski definition) is 1. The van der Waals surface area contributed by atoms with Gasteiger partial charge in [0, 0.05) is 51.4 Å². The second-order valence-electron chi connectivity index (χ2n) is 8.61. The molecule has 8 nitrogen and oxygen atoms in total. The molecule has 1 amide bonds. The molecule has 2 fully saturated rings. The minimum Gasteiger partial charge on any atom is -0.373 e. The molecule has 1 aromatic rings. The first-order chi connectivity index (χ1) is 15.2. The number of sulfonamides is 1. The van der Waals surface area contributed by atoms with Gasteiger partial charge in [-0.1, -0.05) is 18.5 Å². The van der Waals surface area contributed by atoms with Crippen molar-refractivity contribution in [3.8, 4) is 0 Å². The summed E-state index contributed by atoms with van der Waals surface area (Å²) < 4.78 is 33.4. The predicted octanol–water partition coefficient (Wildman–Crippen LogP) is 1.90. The summed E-state index contributed by atoms with van der Waals surface area (Å²) in [6.45, 7) is 13.2. The number of amides is 1. The van der Waals surface area contributed by atoms with Crippen molar-refractivity contribution in [1.82, 2.24) is 19.4 Å². The summed E-state index contributed by atoms with van der Waals surface area (Å²) in [6, 6.07) is 4.41. The second-order valence-corrected chi connectivity index (χ2v) is 10.9. The van der Waals surface area contributed by atoms with Crippen LogP contribution in [0, 0.1) is 0 Å². The molecule has 10 heteroatoms. The first-order valence-electron chi connectivity index (χ1n) is 11.4. The fourth-order valence-electron chi connectivity index (χ4n) is 4.24. The Labute approximate surface area is 196 Å². The lowest BCUT2D eigenvalue weighted by Gasteiger charge is -2.34. The Morgan fingerprint density at radius 1 is 1.12 bits per heavy atom. The van der Waals surface area contributed by atoms with Gasteiger partial charge >= 0.3 is 0 Å². The Morgan fingerprint density at radius 3 is 2.38 bits per heavy atom. The maximum Gasteiger partial charge on any atom is 0.251 e. The van der Waals surface area contributed by atoms with Crippen LogP contribution in [0.15, 0.2) is 23.1 Å². The van der Waals surface area contributed by atoms with Gasteiger partial charge in [-0.05, 0) is 51.6 Å². The molecule has 3 rings (SSSR count). The van der Waals surface area contributed by atoms with Gasteiger partial charge in [0.1, 0.15) is 4.90 Å². The number of rotatable bonds is 8. The third-order valence-electron chi connectivity index (χ3n) is 6.05. The van der Waals surface area contributed by atoms with Crippen molar-refractivity contribution in [3.05, 3.63) is 28.8 Å². The average Bonchev–Trinajstić information content (AvgIpc) is 2.76. The van der Waals surface area contributed by atoms with E-state index in [2.05, 4.69) is 22.0 Å². The molecule has 0 aromatic heterocycles. The van der Waals surface area contributed by atoms with E-state index in [9.17, 15) is 13.2 Å². The Hall–Kier alpha value is -1.23. The van der Waals surface area contributed by atoms with Crippen LogP contribution < -0.4 is 5.32 Å². The topological polar surface area (TPSA) is 82.2 Å². The number of ether oxygens (including phenoxy) is 1. The van der Waals surface area contributed by atoms with Gasteiger partial charge < -0.3 is 19.9 Å². The van der Waals surface area contributed by atoms with Crippen molar-refractivity contribution in [2.75, 3.05) is 58.9 Å². The second kappa shape index (κ2) is 11.3. The minimum atomic E-state index is -3.83. The molecule has 32 heavy (non-hydrogen) atoms.